The van der Waals surface area contributed by atoms with E-state index in [4.69, 9.17) is 19.4 Å². The third kappa shape index (κ3) is 5.22. The molecule has 2 aromatic rings. The van der Waals surface area contributed by atoms with Crippen LogP contribution in [0.5, 0.6) is 0 Å². The Morgan fingerprint density at radius 3 is 2.58 bits per heavy atom. The molecule has 8 rings (SSSR count). The van der Waals surface area contributed by atoms with Crippen molar-refractivity contribution in [2.75, 3.05) is 0 Å². The molecule has 0 fully saturated rings. The van der Waals surface area contributed by atoms with Crippen LogP contribution in [0.3, 0.4) is 0 Å². The summed E-state index contributed by atoms with van der Waals surface area (Å²) in [5.74, 6) is 5.32. The van der Waals surface area contributed by atoms with Crippen LogP contribution in [0, 0.1) is 17.8 Å². The van der Waals surface area contributed by atoms with Crippen LogP contribution in [0.25, 0.3) is 28.9 Å². The molecule has 2 aromatic heterocycles. The molecule has 2 heterocycles. The minimum Gasteiger partial charge on any atom is -0.457 e. The first-order valence-electron chi connectivity index (χ1n) is 16.3. The molecule has 0 aliphatic heterocycles. The predicted molar refractivity (Wildman–Crippen MR) is 175 cm³/mol. The minimum atomic E-state index is 0.190. The largest absolute Gasteiger partial charge is 0.457 e. The molecule has 0 N–H and O–H groups in total. The van der Waals surface area contributed by atoms with Gasteiger partial charge in [0.05, 0.1) is 0 Å². The van der Waals surface area contributed by atoms with Gasteiger partial charge in [0.1, 0.15) is 17.0 Å². The van der Waals surface area contributed by atoms with Gasteiger partial charge in [0.15, 0.2) is 11.6 Å². The first kappa shape index (κ1) is 26.6. The first-order chi connectivity index (χ1) is 21.3. The fraction of sp³-hybridized carbons (Fsp3) is 0.359. The Kier molecular flexibility index (Phi) is 7.14. The number of furan rings is 1. The maximum Gasteiger partial charge on any atom is 0.163 e. The van der Waals surface area contributed by atoms with Gasteiger partial charge < -0.3 is 4.42 Å². The molecule has 0 amide bonds. The Bertz CT molecular complexity index is 1800. The lowest BCUT2D eigenvalue weighted by molar-refractivity contribution is 0.381. The summed E-state index contributed by atoms with van der Waals surface area (Å²) in [4.78, 5) is 15.2. The highest BCUT2D eigenvalue weighted by Gasteiger charge is 2.30. The molecular formula is C39H39N3O. The van der Waals surface area contributed by atoms with Crippen molar-refractivity contribution in [1.82, 2.24) is 15.0 Å². The highest BCUT2D eigenvalue weighted by molar-refractivity contribution is 5.72. The number of hydrogen-bond acceptors (Lipinski definition) is 4. The second-order valence-corrected chi connectivity index (χ2v) is 12.7. The number of aromatic nitrogens is 3. The smallest absolute Gasteiger partial charge is 0.163 e. The minimum absolute atomic E-state index is 0.190. The lowest BCUT2D eigenvalue weighted by atomic mass is 9.72. The Morgan fingerprint density at radius 2 is 1.67 bits per heavy atom. The van der Waals surface area contributed by atoms with Crippen LogP contribution in [0.1, 0.15) is 92.5 Å². The number of hydrogen-bond donors (Lipinski definition) is 0. The fourth-order valence-corrected chi connectivity index (χ4v) is 7.76. The normalized spacial score (nSPS) is 27.4. The molecule has 216 valence electrons. The quantitative estimate of drug-likeness (QED) is 0.348. The van der Waals surface area contributed by atoms with E-state index in [0.29, 0.717) is 17.8 Å². The molecule has 0 radical (unpaired) electrons. The van der Waals surface area contributed by atoms with Gasteiger partial charge in [-0.25, -0.2) is 15.0 Å². The zero-order valence-electron chi connectivity index (χ0n) is 24.8. The summed E-state index contributed by atoms with van der Waals surface area (Å²) >= 11 is 0. The second kappa shape index (κ2) is 11.6. The van der Waals surface area contributed by atoms with Crippen molar-refractivity contribution >= 4 is 28.9 Å². The summed E-state index contributed by atoms with van der Waals surface area (Å²) in [5.41, 5.74) is 6.55. The SMILES string of the molecule is C1=CCC(c2nc(C3=CCCC=C3)nc(C3=CC=CC(C4C=CC[C@H](C5=c6c7c(oc6=CCC5)C=CCC7)C4)C3)n2)C=C1. The van der Waals surface area contributed by atoms with E-state index in [1.165, 1.54) is 22.8 Å². The monoisotopic (exact) mass is 565 g/mol. The number of nitrogens with zero attached hydrogens (tertiary/aromatic N) is 3. The molecule has 0 saturated heterocycles. The summed E-state index contributed by atoms with van der Waals surface area (Å²) in [7, 11) is 0. The lowest BCUT2D eigenvalue weighted by Crippen LogP contribution is -2.33. The lowest BCUT2D eigenvalue weighted by Gasteiger charge is -2.33. The van der Waals surface area contributed by atoms with Crippen LogP contribution in [-0.2, 0) is 6.42 Å². The molecule has 4 atom stereocenters. The van der Waals surface area contributed by atoms with Crippen molar-refractivity contribution in [2.45, 2.75) is 70.1 Å². The predicted octanol–water partition coefficient (Wildman–Crippen LogP) is 7.72. The summed E-state index contributed by atoms with van der Waals surface area (Å²) in [6, 6.07) is 0. The summed E-state index contributed by atoms with van der Waals surface area (Å²) in [5, 5.41) is 1.45. The van der Waals surface area contributed by atoms with E-state index in [2.05, 4.69) is 91.1 Å². The number of fused-ring (bicyclic) bond motifs is 3. The molecule has 0 aromatic carbocycles. The van der Waals surface area contributed by atoms with Crippen LogP contribution in [-0.4, -0.2) is 15.0 Å². The van der Waals surface area contributed by atoms with Crippen molar-refractivity contribution < 1.29 is 4.42 Å². The average molecular weight is 566 g/mol. The zero-order valence-corrected chi connectivity index (χ0v) is 24.8. The van der Waals surface area contributed by atoms with Gasteiger partial charge >= 0.3 is 0 Å². The molecule has 0 saturated carbocycles. The van der Waals surface area contributed by atoms with Crippen LogP contribution in [0.15, 0.2) is 83.4 Å². The molecule has 0 bridgehead atoms. The van der Waals surface area contributed by atoms with Gasteiger partial charge in [-0.3, -0.25) is 0 Å². The van der Waals surface area contributed by atoms with Gasteiger partial charge in [0.2, 0.25) is 0 Å². The van der Waals surface area contributed by atoms with Gasteiger partial charge in [0, 0.05) is 22.3 Å². The highest BCUT2D eigenvalue weighted by Crippen LogP contribution is 2.41. The average Bonchev–Trinajstić information content (AvgIpc) is 3.48. The molecule has 0 spiro atoms. The van der Waals surface area contributed by atoms with Gasteiger partial charge in [-0.05, 0) is 99.7 Å². The standard InChI is InChI=1S/C39H39N3O/c1-3-12-26(13-4-1)37-40-38(27-14-5-2-6-15-27)42-39(41-37)31-19-10-17-29(25-31)28-16-9-18-30(24-28)32-21-11-23-35-36(32)33-20-7-8-22-34(33)43-35/h1,3-5,8-10,12,14-17,19,22-23,26,28-30H,2,6-7,11,13,18,20-21,24-25H2/t26?,28?,29?,30-/m0/s1. The van der Waals surface area contributed by atoms with Crippen molar-refractivity contribution in [3.63, 3.8) is 0 Å². The molecule has 3 unspecified atom stereocenters. The molecular weight excluding hydrogens is 526 g/mol. The molecule has 6 aliphatic carbocycles. The number of allylic oxidation sites excluding steroid dienone is 15. The van der Waals surface area contributed by atoms with Gasteiger partial charge in [-0.15, -0.1) is 0 Å². The Balaban J connectivity index is 1.08. The van der Waals surface area contributed by atoms with Crippen molar-refractivity contribution in [1.29, 1.82) is 0 Å². The number of rotatable bonds is 5. The van der Waals surface area contributed by atoms with Crippen LogP contribution >= 0.6 is 0 Å². The van der Waals surface area contributed by atoms with E-state index < -0.39 is 0 Å². The second-order valence-electron chi connectivity index (χ2n) is 12.7. The van der Waals surface area contributed by atoms with Gasteiger partial charge in [-0.2, -0.15) is 0 Å². The van der Waals surface area contributed by atoms with Gasteiger partial charge in [0.25, 0.3) is 0 Å². The van der Waals surface area contributed by atoms with E-state index in [1.54, 1.807) is 5.57 Å². The van der Waals surface area contributed by atoms with Crippen LogP contribution in [0.2, 0.25) is 0 Å². The Morgan fingerprint density at radius 1 is 0.721 bits per heavy atom. The van der Waals surface area contributed by atoms with E-state index >= 15 is 0 Å². The molecule has 4 nitrogen and oxygen atoms in total. The fourth-order valence-electron chi connectivity index (χ4n) is 7.76. The Hall–Kier alpha value is -4.05. The first-order valence-corrected chi connectivity index (χ1v) is 16.3. The topological polar surface area (TPSA) is 51.8 Å². The van der Waals surface area contributed by atoms with Crippen molar-refractivity contribution in [2.24, 2.45) is 17.8 Å². The third-order valence-electron chi connectivity index (χ3n) is 9.98. The summed E-state index contributed by atoms with van der Waals surface area (Å²) in [6.45, 7) is 0. The molecule has 43 heavy (non-hydrogen) atoms. The van der Waals surface area contributed by atoms with E-state index in [1.807, 2.05) is 0 Å². The highest BCUT2D eigenvalue weighted by atomic mass is 16.3. The van der Waals surface area contributed by atoms with Crippen molar-refractivity contribution in [3.8, 4) is 0 Å². The van der Waals surface area contributed by atoms with E-state index in [0.717, 1.165) is 92.0 Å². The molecule has 4 heteroatoms. The third-order valence-corrected chi connectivity index (χ3v) is 9.98. The van der Waals surface area contributed by atoms with Crippen LogP contribution < -0.4 is 10.6 Å². The molecule has 6 aliphatic rings. The Labute approximate surface area is 254 Å². The van der Waals surface area contributed by atoms with E-state index in [-0.39, 0.29) is 5.92 Å². The summed E-state index contributed by atoms with van der Waals surface area (Å²) < 4.78 is 6.33. The van der Waals surface area contributed by atoms with E-state index in [9.17, 15) is 0 Å². The van der Waals surface area contributed by atoms with Crippen molar-refractivity contribution in [3.05, 3.63) is 118 Å². The zero-order chi connectivity index (χ0) is 28.6. The maximum atomic E-state index is 6.33. The van der Waals surface area contributed by atoms with Gasteiger partial charge in [-0.1, -0.05) is 84.6 Å². The van der Waals surface area contributed by atoms with Crippen LogP contribution in [0.4, 0.5) is 0 Å². The maximum absolute atomic E-state index is 6.33. The summed E-state index contributed by atoms with van der Waals surface area (Å²) in [6.07, 6.45) is 44.7.